The van der Waals surface area contributed by atoms with Crippen LogP contribution in [0.2, 0.25) is 6.04 Å². The van der Waals surface area contributed by atoms with Crippen molar-refractivity contribution in [2.45, 2.75) is 110 Å². The molecule has 0 rings (SSSR count). The Bertz CT molecular complexity index is 386. The molecule has 0 bridgehead atoms. The first-order valence-electron chi connectivity index (χ1n) is 11.8. The lowest BCUT2D eigenvalue weighted by Crippen LogP contribution is -2.45. The molecule has 1 unspecified atom stereocenters. The van der Waals surface area contributed by atoms with Crippen molar-refractivity contribution in [3.05, 3.63) is 12.7 Å². The molecule has 0 radical (unpaired) electrons. The normalized spacial score (nSPS) is 12.7. The summed E-state index contributed by atoms with van der Waals surface area (Å²) in [6.07, 6.45) is 14.6. The van der Waals surface area contributed by atoms with E-state index in [-0.39, 0.29) is 12.1 Å². The number of esters is 1. The fourth-order valence-corrected chi connectivity index (χ4v) is 6.18. The van der Waals surface area contributed by atoms with E-state index in [2.05, 4.69) is 6.58 Å². The van der Waals surface area contributed by atoms with Crippen LogP contribution in [0.1, 0.15) is 98.3 Å². The van der Waals surface area contributed by atoms with E-state index in [0.717, 1.165) is 25.3 Å². The highest BCUT2D eigenvalue weighted by atomic mass is 28.4. The molecule has 6 heteroatoms. The van der Waals surface area contributed by atoms with Gasteiger partial charge in [-0.25, -0.2) is 4.79 Å². The molecule has 0 aromatic heterocycles. The quantitative estimate of drug-likeness (QED) is 0.0907. The van der Waals surface area contributed by atoms with Crippen LogP contribution >= 0.6 is 0 Å². The summed E-state index contributed by atoms with van der Waals surface area (Å²) < 4.78 is 22.9. The van der Waals surface area contributed by atoms with Crippen LogP contribution in [0, 0.1) is 0 Å². The average molecular weight is 431 g/mol. The zero-order chi connectivity index (χ0) is 21.8. The van der Waals surface area contributed by atoms with E-state index in [4.69, 9.17) is 18.0 Å². The minimum atomic E-state index is -2.44. The number of hydrogen-bond acceptors (Lipinski definition) is 5. The highest BCUT2D eigenvalue weighted by Gasteiger charge is 2.39. The van der Waals surface area contributed by atoms with Gasteiger partial charge >= 0.3 is 14.8 Å². The summed E-state index contributed by atoms with van der Waals surface area (Å²) in [5, 5.41) is 0. The van der Waals surface area contributed by atoms with Crippen LogP contribution in [0.4, 0.5) is 0 Å². The van der Waals surface area contributed by atoms with E-state index in [1.807, 2.05) is 27.7 Å². The largest absolute Gasteiger partial charge is 0.500 e. The lowest BCUT2D eigenvalue weighted by molar-refractivity contribution is -0.142. The Morgan fingerprint density at radius 3 is 1.62 bits per heavy atom. The van der Waals surface area contributed by atoms with Crippen LogP contribution in [0.15, 0.2) is 12.7 Å². The number of hydrogen-bond donors (Lipinski definition) is 0. The topological polar surface area (TPSA) is 54.0 Å². The van der Waals surface area contributed by atoms with Gasteiger partial charge in [0.2, 0.25) is 0 Å². The SMILES string of the molecule is C=CC(=O)OC(C)CCCCCCCCCCCC[Si](OCC)(OCC)OCC. The van der Waals surface area contributed by atoms with Crippen LogP contribution < -0.4 is 0 Å². The minimum absolute atomic E-state index is 0.00419. The monoisotopic (exact) mass is 430 g/mol. The molecule has 0 aliphatic heterocycles. The fourth-order valence-electron chi connectivity index (χ4n) is 3.49. The maximum Gasteiger partial charge on any atom is 0.500 e. The van der Waals surface area contributed by atoms with E-state index < -0.39 is 8.80 Å². The van der Waals surface area contributed by atoms with Crippen molar-refractivity contribution in [3.8, 4) is 0 Å². The first kappa shape index (κ1) is 28.3. The lowest BCUT2D eigenvalue weighted by atomic mass is 10.0. The molecular weight excluding hydrogens is 384 g/mol. The van der Waals surface area contributed by atoms with Crippen molar-refractivity contribution in [1.82, 2.24) is 0 Å². The van der Waals surface area contributed by atoms with Crippen LogP contribution in [0.3, 0.4) is 0 Å². The number of carbonyl (C=O) groups is 1. The third-order valence-corrected chi connectivity index (χ3v) is 8.07. The zero-order valence-corrected chi connectivity index (χ0v) is 20.5. The molecule has 0 saturated carbocycles. The Balaban J connectivity index is 3.60. The maximum atomic E-state index is 11.1. The number of carbonyl (C=O) groups excluding carboxylic acids is 1. The number of ether oxygens (including phenoxy) is 1. The van der Waals surface area contributed by atoms with Gasteiger partial charge in [0, 0.05) is 31.9 Å². The Kier molecular flexibility index (Phi) is 18.8. The summed E-state index contributed by atoms with van der Waals surface area (Å²) in [5.41, 5.74) is 0. The highest BCUT2D eigenvalue weighted by Crippen LogP contribution is 2.21. The molecule has 0 aliphatic rings. The molecule has 29 heavy (non-hydrogen) atoms. The molecule has 0 N–H and O–H groups in total. The molecule has 0 heterocycles. The Morgan fingerprint density at radius 1 is 0.793 bits per heavy atom. The number of unbranched alkanes of at least 4 members (excludes halogenated alkanes) is 9. The minimum Gasteiger partial charge on any atom is -0.460 e. The van der Waals surface area contributed by atoms with Crippen molar-refractivity contribution >= 4 is 14.8 Å². The smallest absolute Gasteiger partial charge is 0.460 e. The fraction of sp³-hybridized carbons (Fsp3) is 0.870. The van der Waals surface area contributed by atoms with Gasteiger partial charge in [-0.2, -0.15) is 0 Å². The second kappa shape index (κ2) is 19.3. The summed E-state index contributed by atoms with van der Waals surface area (Å²) >= 11 is 0. The van der Waals surface area contributed by atoms with Crippen LogP contribution in [0.5, 0.6) is 0 Å². The van der Waals surface area contributed by atoms with E-state index in [1.54, 1.807) is 0 Å². The molecule has 0 aromatic rings. The molecule has 0 saturated heterocycles. The molecule has 1 atom stereocenters. The summed E-state index contributed by atoms with van der Waals surface area (Å²) in [6.45, 7) is 13.4. The van der Waals surface area contributed by atoms with E-state index >= 15 is 0 Å². The van der Waals surface area contributed by atoms with Crippen molar-refractivity contribution in [2.24, 2.45) is 0 Å². The highest BCUT2D eigenvalue weighted by molar-refractivity contribution is 6.60. The van der Waals surface area contributed by atoms with E-state index in [9.17, 15) is 4.79 Å². The lowest BCUT2D eigenvalue weighted by Gasteiger charge is -2.28. The molecule has 0 aromatic carbocycles. The third kappa shape index (κ3) is 15.8. The summed E-state index contributed by atoms with van der Waals surface area (Å²) in [4.78, 5) is 11.1. The summed E-state index contributed by atoms with van der Waals surface area (Å²) in [7, 11) is -2.44. The number of rotatable bonds is 21. The molecule has 0 spiro atoms. The molecule has 5 nitrogen and oxygen atoms in total. The maximum absolute atomic E-state index is 11.1. The molecule has 0 amide bonds. The van der Waals surface area contributed by atoms with Crippen LogP contribution in [-0.2, 0) is 22.8 Å². The molecule has 0 aliphatic carbocycles. The van der Waals surface area contributed by atoms with Crippen LogP contribution in [-0.4, -0.2) is 40.7 Å². The summed E-state index contributed by atoms with van der Waals surface area (Å²) in [6, 6.07) is 0.934. The second-order valence-corrected chi connectivity index (χ2v) is 10.2. The van der Waals surface area contributed by atoms with Crippen molar-refractivity contribution in [2.75, 3.05) is 19.8 Å². The van der Waals surface area contributed by atoms with Gasteiger partial charge in [-0.1, -0.05) is 57.9 Å². The predicted molar refractivity (Wildman–Crippen MR) is 122 cm³/mol. The molecule has 0 fully saturated rings. The van der Waals surface area contributed by atoms with Gasteiger partial charge in [0.05, 0.1) is 6.10 Å². The third-order valence-electron chi connectivity index (χ3n) is 4.92. The van der Waals surface area contributed by atoms with Gasteiger partial charge in [0.25, 0.3) is 0 Å². The predicted octanol–water partition coefficient (Wildman–Crippen LogP) is 6.44. The van der Waals surface area contributed by atoms with Gasteiger partial charge in [0.1, 0.15) is 0 Å². The Morgan fingerprint density at radius 2 is 1.21 bits per heavy atom. The van der Waals surface area contributed by atoms with E-state index in [1.165, 1.54) is 57.4 Å². The van der Waals surface area contributed by atoms with Gasteiger partial charge in [0.15, 0.2) is 0 Å². The molecular formula is C23H46O5Si. The standard InChI is InChI=1S/C23H46O5Si/c1-6-23(24)28-22(5)20-18-16-14-12-10-11-13-15-17-19-21-29(25-7-2,26-8-3)27-9-4/h6,22H,1,7-21H2,2-5H3. The van der Waals surface area contributed by atoms with Crippen molar-refractivity contribution in [1.29, 1.82) is 0 Å². The van der Waals surface area contributed by atoms with Gasteiger partial charge in [-0.3, -0.25) is 0 Å². The van der Waals surface area contributed by atoms with Crippen molar-refractivity contribution in [3.63, 3.8) is 0 Å². The molecule has 172 valence electrons. The first-order chi connectivity index (χ1) is 14.0. The second-order valence-electron chi connectivity index (χ2n) is 7.51. The first-order valence-corrected chi connectivity index (χ1v) is 13.7. The van der Waals surface area contributed by atoms with Crippen LogP contribution in [0.25, 0.3) is 0 Å². The van der Waals surface area contributed by atoms with E-state index in [0.29, 0.717) is 19.8 Å². The Labute approximate surface area is 180 Å². The van der Waals surface area contributed by atoms with Gasteiger partial charge in [-0.05, 0) is 47.0 Å². The zero-order valence-electron chi connectivity index (χ0n) is 19.5. The van der Waals surface area contributed by atoms with Gasteiger partial charge < -0.3 is 18.0 Å². The van der Waals surface area contributed by atoms with Gasteiger partial charge in [-0.15, -0.1) is 0 Å². The Hall–Kier alpha value is -0.693. The average Bonchev–Trinajstić information content (AvgIpc) is 2.69. The van der Waals surface area contributed by atoms with Crippen molar-refractivity contribution < 1.29 is 22.8 Å². The summed E-state index contributed by atoms with van der Waals surface area (Å²) in [5.74, 6) is -0.320.